The van der Waals surface area contributed by atoms with Crippen LogP contribution >= 0.6 is 0 Å². The van der Waals surface area contributed by atoms with Crippen molar-refractivity contribution in [2.45, 2.75) is 39.5 Å². The predicted octanol–water partition coefficient (Wildman–Crippen LogP) is 3.63. The van der Waals surface area contributed by atoms with Crippen LogP contribution in [0.5, 0.6) is 0 Å². The van der Waals surface area contributed by atoms with Gasteiger partial charge in [0.05, 0.1) is 0 Å². The minimum absolute atomic E-state index is 0.197. The second-order valence-electron chi connectivity index (χ2n) is 5.80. The van der Waals surface area contributed by atoms with E-state index in [1.54, 1.807) is 11.1 Å². The number of carbonyl (C=O) groups excluding carboxylic acids is 1. The smallest absolute Gasteiger partial charge is 0.253 e. The number of rotatable bonds is 1. The highest BCUT2D eigenvalue weighted by atomic mass is 16.2. The number of aryl methyl sites for hydroxylation is 2. The van der Waals surface area contributed by atoms with Crippen molar-refractivity contribution in [3.63, 3.8) is 0 Å². The van der Waals surface area contributed by atoms with Crippen molar-refractivity contribution in [3.8, 4) is 0 Å². The molecule has 0 spiro atoms. The lowest BCUT2D eigenvalue weighted by atomic mass is 10.0. The summed E-state index contributed by atoms with van der Waals surface area (Å²) in [5, 5.41) is 0. The number of benzene rings is 1. The summed E-state index contributed by atoms with van der Waals surface area (Å²) in [6.45, 7) is 5.94. The van der Waals surface area contributed by atoms with Gasteiger partial charge in [-0.3, -0.25) is 4.79 Å². The molecular formula is C17H21NO. The summed E-state index contributed by atoms with van der Waals surface area (Å²) in [4.78, 5) is 14.5. The third-order valence-corrected chi connectivity index (χ3v) is 4.41. The van der Waals surface area contributed by atoms with Gasteiger partial charge in [-0.2, -0.15) is 0 Å². The van der Waals surface area contributed by atoms with Gasteiger partial charge in [-0.05, 0) is 62.8 Å². The Bertz CT molecular complexity index is 540. The Morgan fingerprint density at radius 3 is 2.16 bits per heavy atom. The lowest BCUT2D eigenvalue weighted by Gasteiger charge is -2.28. The van der Waals surface area contributed by atoms with Crippen LogP contribution in [0.3, 0.4) is 0 Å². The molecule has 1 saturated heterocycles. The minimum atomic E-state index is 0.197. The molecule has 1 aliphatic heterocycles. The summed E-state index contributed by atoms with van der Waals surface area (Å²) < 4.78 is 0. The van der Waals surface area contributed by atoms with Crippen molar-refractivity contribution in [1.29, 1.82) is 0 Å². The number of piperidine rings is 1. The maximum atomic E-state index is 12.5. The van der Waals surface area contributed by atoms with E-state index in [9.17, 15) is 4.79 Å². The van der Waals surface area contributed by atoms with Gasteiger partial charge in [0.25, 0.3) is 5.91 Å². The Morgan fingerprint density at radius 2 is 1.58 bits per heavy atom. The molecule has 2 aliphatic rings. The summed E-state index contributed by atoms with van der Waals surface area (Å²) in [6.07, 6.45) is 4.79. The zero-order valence-corrected chi connectivity index (χ0v) is 11.8. The fourth-order valence-electron chi connectivity index (χ4n) is 2.81. The van der Waals surface area contributed by atoms with E-state index in [4.69, 9.17) is 0 Å². The van der Waals surface area contributed by atoms with Gasteiger partial charge in [-0.15, -0.1) is 0 Å². The Kier molecular flexibility index (Phi) is 3.17. The predicted molar refractivity (Wildman–Crippen MR) is 77.3 cm³/mol. The van der Waals surface area contributed by atoms with Crippen LogP contribution in [-0.4, -0.2) is 23.9 Å². The third kappa shape index (κ3) is 2.58. The highest BCUT2D eigenvalue weighted by molar-refractivity contribution is 5.94. The Labute approximate surface area is 115 Å². The zero-order chi connectivity index (χ0) is 13.4. The standard InChI is InChI=1S/C17H21NO/c1-12-3-4-16(11-13(12)2)17(19)18-9-7-15(8-10-18)14-5-6-14/h3-4,11H,5-10H2,1-2H3. The molecule has 1 amide bonds. The van der Waals surface area contributed by atoms with Crippen molar-refractivity contribution in [2.75, 3.05) is 13.1 Å². The number of likely N-dealkylation sites (tertiary alicyclic amines) is 1. The maximum Gasteiger partial charge on any atom is 0.253 e. The van der Waals surface area contributed by atoms with Crippen molar-refractivity contribution in [3.05, 3.63) is 46.0 Å². The average molecular weight is 255 g/mol. The van der Waals surface area contributed by atoms with Crippen LogP contribution in [0.15, 0.2) is 29.3 Å². The van der Waals surface area contributed by atoms with Crippen molar-refractivity contribution in [1.82, 2.24) is 4.90 Å². The van der Waals surface area contributed by atoms with Gasteiger partial charge in [0.2, 0.25) is 0 Å². The minimum Gasteiger partial charge on any atom is -0.338 e. The third-order valence-electron chi connectivity index (χ3n) is 4.41. The lowest BCUT2D eigenvalue weighted by Crippen LogP contribution is -2.36. The molecule has 1 saturated carbocycles. The van der Waals surface area contributed by atoms with Crippen LogP contribution in [0.1, 0.15) is 47.2 Å². The molecule has 1 aromatic carbocycles. The van der Waals surface area contributed by atoms with Crippen molar-refractivity contribution in [2.24, 2.45) is 0 Å². The molecule has 0 aromatic heterocycles. The Hall–Kier alpha value is -1.57. The topological polar surface area (TPSA) is 20.3 Å². The molecule has 0 N–H and O–H groups in total. The summed E-state index contributed by atoms with van der Waals surface area (Å²) in [5.74, 6) is 0.197. The second kappa shape index (κ2) is 4.84. The highest BCUT2D eigenvalue weighted by Gasteiger charge is 2.24. The SMILES string of the molecule is Cc1ccc(C(=O)N2CCC(=C3CC3)CC2)cc1C. The van der Waals surface area contributed by atoms with Crippen LogP contribution in [0.4, 0.5) is 0 Å². The summed E-state index contributed by atoms with van der Waals surface area (Å²) in [6, 6.07) is 6.02. The molecule has 1 aliphatic carbocycles. The van der Waals surface area contributed by atoms with Gasteiger partial charge in [-0.1, -0.05) is 17.2 Å². The average Bonchev–Trinajstić information content (AvgIpc) is 3.26. The molecule has 3 rings (SSSR count). The molecule has 100 valence electrons. The Balaban J connectivity index is 1.70. The summed E-state index contributed by atoms with van der Waals surface area (Å²) in [5.41, 5.74) is 6.58. The number of nitrogens with zero attached hydrogens (tertiary/aromatic N) is 1. The zero-order valence-electron chi connectivity index (χ0n) is 11.8. The monoisotopic (exact) mass is 255 g/mol. The molecule has 0 atom stereocenters. The van der Waals surface area contributed by atoms with E-state index in [2.05, 4.69) is 13.8 Å². The maximum absolute atomic E-state index is 12.5. The molecule has 1 aromatic rings. The Morgan fingerprint density at radius 1 is 0.947 bits per heavy atom. The van der Waals surface area contributed by atoms with E-state index >= 15 is 0 Å². The van der Waals surface area contributed by atoms with Crippen LogP contribution < -0.4 is 0 Å². The number of amides is 1. The lowest BCUT2D eigenvalue weighted by molar-refractivity contribution is 0.0743. The number of hydrogen-bond acceptors (Lipinski definition) is 1. The van der Waals surface area contributed by atoms with E-state index in [-0.39, 0.29) is 5.91 Å². The van der Waals surface area contributed by atoms with Crippen LogP contribution in [0, 0.1) is 13.8 Å². The largest absolute Gasteiger partial charge is 0.338 e. The number of hydrogen-bond donors (Lipinski definition) is 0. The van der Waals surface area contributed by atoms with Gasteiger partial charge < -0.3 is 4.90 Å². The molecule has 0 unspecified atom stereocenters. The molecular weight excluding hydrogens is 234 g/mol. The first-order valence-corrected chi connectivity index (χ1v) is 7.21. The summed E-state index contributed by atoms with van der Waals surface area (Å²) >= 11 is 0. The van der Waals surface area contributed by atoms with Gasteiger partial charge in [-0.25, -0.2) is 0 Å². The van der Waals surface area contributed by atoms with Crippen LogP contribution in [0.2, 0.25) is 0 Å². The van der Waals surface area contributed by atoms with Crippen LogP contribution in [-0.2, 0) is 0 Å². The first kappa shape index (κ1) is 12.5. The van der Waals surface area contributed by atoms with Gasteiger partial charge in [0.1, 0.15) is 0 Å². The van der Waals surface area contributed by atoms with Crippen LogP contribution in [0.25, 0.3) is 0 Å². The fraction of sp³-hybridized carbons (Fsp3) is 0.471. The molecule has 19 heavy (non-hydrogen) atoms. The van der Waals surface area contributed by atoms with E-state index in [0.29, 0.717) is 0 Å². The number of allylic oxidation sites excluding steroid dienone is 1. The molecule has 2 fully saturated rings. The highest BCUT2D eigenvalue weighted by Crippen LogP contribution is 2.36. The van der Waals surface area contributed by atoms with Gasteiger partial charge in [0, 0.05) is 18.7 Å². The first-order valence-electron chi connectivity index (χ1n) is 7.21. The molecule has 0 radical (unpaired) electrons. The summed E-state index contributed by atoms with van der Waals surface area (Å²) in [7, 11) is 0. The molecule has 1 heterocycles. The van der Waals surface area contributed by atoms with Crippen molar-refractivity contribution < 1.29 is 4.79 Å². The second-order valence-corrected chi connectivity index (χ2v) is 5.80. The van der Waals surface area contributed by atoms with Gasteiger partial charge >= 0.3 is 0 Å². The molecule has 0 bridgehead atoms. The van der Waals surface area contributed by atoms with Gasteiger partial charge in [0.15, 0.2) is 0 Å². The van der Waals surface area contributed by atoms with E-state index in [0.717, 1.165) is 31.5 Å². The quantitative estimate of drug-likeness (QED) is 0.702. The van der Waals surface area contributed by atoms with E-state index in [1.807, 2.05) is 23.1 Å². The number of carbonyl (C=O) groups is 1. The first-order chi connectivity index (χ1) is 9.15. The van der Waals surface area contributed by atoms with Crippen molar-refractivity contribution >= 4 is 5.91 Å². The fourth-order valence-corrected chi connectivity index (χ4v) is 2.81. The molecule has 2 heteroatoms. The normalized spacial score (nSPS) is 18.7. The molecule has 2 nitrogen and oxygen atoms in total. The van der Waals surface area contributed by atoms with E-state index < -0.39 is 0 Å². The van der Waals surface area contributed by atoms with E-state index in [1.165, 1.54) is 24.0 Å².